The first kappa shape index (κ1) is 27.1. The summed E-state index contributed by atoms with van der Waals surface area (Å²) in [5.41, 5.74) is 0.0739. The van der Waals surface area contributed by atoms with Crippen molar-refractivity contribution < 1.29 is 18.1 Å². The molecule has 0 saturated heterocycles. The van der Waals surface area contributed by atoms with Crippen LogP contribution in [0.5, 0.6) is 0 Å². The van der Waals surface area contributed by atoms with Crippen LogP contribution in [0.4, 0.5) is 0 Å². The van der Waals surface area contributed by atoms with E-state index < -0.39 is 8.80 Å². The largest absolute Gasteiger partial charge is 0.504 e. The third kappa shape index (κ3) is 12.3. The lowest BCUT2D eigenvalue weighted by Crippen LogP contribution is -2.51. The van der Waals surface area contributed by atoms with Gasteiger partial charge in [0.15, 0.2) is 5.12 Å². The molecule has 1 unspecified atom stereocenters. The van der Waals surface area contributed by atoms with E-state index in [-0.39, 0.29) is 10.7 Å². The Morgan fingerprint density at radius 1 is 0.778 bits per heavy atom. The summed E-state index contributed by atoms with van der Waals surface area (Å²) in [5.74, 6) is 0.884. The molecule has 4 nitrogen and oxygen atoms in total. The van der Waals surface area contributed by atoms with Crippen LogP contribution >= 0.6 is 11.8 Å². The molecule has 27 heavy (non-hydrogen) atoms. The van der Waals surface area contributed by atoms with Gasteiger partial charge in [-0.2, -0.15) is 0 Å². The molecule has 0 spiro atoms. The molecule has 0 N–H and O–H groups in total. The van der Waals surface area contributed by atoms with E-state index in [1.807, 2.05) is 20.8 Å². The molecule has 0 aromatic heterocycles. The van der Waals surface area contributed by atoms with Crippen LogP contribution in [0.2, 0.25) is 5.54 Å². The smallest absolute Gasteiger partial charge is 0.374 e. The number of unbranched alkanes of at least 4 members (excludes halogenated alkanes) is 6. The first-order chi connectivity index (χ1) is 13.1. The van der Waals surface area contributed by atoms with Crippen molar-refractivity contribution in [2.24, 2.45) is 0 Å². The van der Waals surface area contributed by atoms with Crippen LogP contribution in [0.25, 0.3) is 0 Å². The number of carbonyl (C=O) groups excluding carboxylic acids is 1. The van der Waals surface area contributed by atoms with Crippen LogP contribution in [0, 0.1) is 0 Å². The molecule has 0 amide bonds. The summed E-state index contributed by atoms with van der Waals surface area (Å²) >= 11 is 1.44. The van der Waals surface area contributed by atoms with Gasteiger partial charge in [-0.3, -0.25) is 4.79 Å². The summed E-state index contributed by atoms with van der Waals surface area (Å²) in [6, 6.07) is 0. The van der Waals surface area contributed by atoms with Gasteiger partial charge < -0.3 is 13.3 Å². The molecular formula is C21H44O4SSi. The molecule has 0 aliphatic rings. The lowest BCUT2D eigenvalue weighted by atomic mass is 10.1. The van der Waals surface area contributed by atoms with Gasteiger partial charge in [0.05, 0.1) is 0 Å². The average molecular weight is 421 g/mol. The maximum absolute atomic E-state index is 12.5. The fourth-order valence-electron chi connectivity index (χ4n) is 3.31. The Morgan fingerprint density at radius 2 is 1.30 bits per heavy atom. The molecule has 0 aliphatic carbocycles. The van der Waals surface area contributed by atoms with Gasteiger partial charge in [0.2, 0.25) is 0 Å². The average Bonchev–Trinajstić information content (AvgIpc) is 2.65. The Bertz CT molecular complexity index is 338. The maximum Gasteiger partial charge on any atom is 0.504 e. The van der Waals surface area contributed by atoms with Crippen molar-refractivity contribution in [1.29, 1.82) is 0 Å². The zero-order chi connectivity index (χ0) is 20.4. The Morgan fingerprint density at radius 3 is 1.78 bits per heavy atom. The number of hydrogen-bond acceptors (Lipinski definition) is 5. The van der Waals surface area contributed by atoms with E-state index in [9.17, 15) is 4.79 Å². The van der Waals surface area contributed by atoms with Crippen LogP contribution in [-0.2, 0) is 18.1 Å². The third-order valence-electron chi connectivity index (χ3n) is 4.57. The highest BCUT2D eigenvalue weighted by Gasteiger charge is 2.49. The van der Waals surface area contributed by atoms with E-state index in [4.69, 9.17) is 13.3 Å². The number of thioether (sulfide) groups is 1. The normalized spacial score (nSPS) is 13.1. The molecule has 0 aliphatic heterocycles. The van der Waals surface area contributed by atoms with Gasteiger partial charge in [-0.25, -0.2) is 0 Å². The highest BCUT2D eigenvalue weighted by Crippen LogP contribution is 2.36. The van der Waals surface area contributed by atoms with Crippen molar-refractivity contribution in [3.05, 3.63) is 0 Å². The van der Waals surface area contributed by atoms with Crippen molar-refractivity contribution in [2.75, 3.05) is 25.6 Å². The SMILES string of the molecule is CCCCCCCCCC(CC(=O)SCCC)[Si](OCC)(OCC)OCC. The highest BCUT2D eigenvalue weighted by atomic mass is 32.2. The summed E-state index contributed by atoms with van der Waals surface area (Å²) in [6.45, 7) is 12.0. The minimum atomic E-state index is -2.84. The van der Waals surface area contributed by atoms with Crippen molar-refractivity contribution >= 4 is 25.7 Å². The summed E-state index contributed by atoms with van der Waals surface area (Å²) in [7, 11) is -2.84. The first-order valence-electron chi connectivity index (χ1n) is 11.2. The fraction of sp³-hybridized carbons (Fsp3) is 0.952. The van der Waals surface area contributed by atoms with E-state index in [2.05, 4.69) is 13.8 Å². The van der Waals surface area contributed by atoms with E-state index in [1.165, 1.54) is 50.3 Å². The third-order valence-corrected chi connectivity index (χ3v) is 9.24. The van der Waals surface area contributed by atoms with Crippen molar-refractivity contribution in [3.63, 3.8) is 0 Å². The van der Waals surface area contributed by atoms with Crippen LogP contribution in [0.1, 0.15) is 98.8 Å². The Kier molecular flexibility index (Phi) is 18.2. The van der Waals surface area contributed by atoms with Crippen LogP contribution in [0.15, 0.2) is 0 Å². The minimum absolute atomic E-state index is 0.0739. The number of carbonyl (C=O) groups is 1. The van der Waals surface area contributed by atoms with Crippen LogP contribution < -0.4 is 0 Å². The van der Waals surface area contributed by atoms with Crippen LogP contribution in [0.3, 0.4) is 0 Å². The fourth-order valence-corrected chi connectivity index (χ4v) is 7.37. The van der Waals surface area contributed by atoms with Gasteiger partial charge in [-0.05, 0) is 33.6 Å². The van der Waals surface area contributed by atoms with Crippen molar-refractivity contribution in [1.82, 2.24) is 0 Å². The van der Waals surface area contributed by atoms with Gasteiger partial charge in [0.25, 0.3) is 0 Å². The van der Waals surface area contributed by atoms with E-state index in [0.29, 0.717) is 26.2 Å². The molecule has 0 aromatic rings. The quantitative estimate of drug-likeness (QED) is 0.174. The van der Waals surface area contributed by atoms with Gasteiger partial charge in [-0.15, -0.1) is 0 Å². The predicted molar refractivity (Wildman–Crippen MR) is 119 cm³/mol. The zero-order valence-electron chi connectivity index (χ0n) is 18.5. The molecule has 0 aromatic carbocycles. The van der Waals surface area contributed by atoms with Crippen molar-refractivity contribution in [2.45, 2.75) is 104 Å². The monoisotopic (exact) mass is 420 g/mol. The van der Waals surface area contributed by atoms with E-state index >= 15 is 0 Å². The summed E-state index contributed by atoms with van der Waals surface area (Å²) in [4.78, 5) is 12.5. The molecule has 0 heterocycles. The Hall–Kier alpha value is 0.117. The first-order valence-corrected chi connectivity index (χ1v) is 14.0. The maximum atomic E-state index is 12.5. The Labute approximate surface area is 173 Å². The highest BCUT2D eigenvalue weighted by molar-refractivity contribution is 8.13. The second kappa shape index (κ2) is 18.2. The van der Waals surface area contributed by atoms with Gasteiger partial charge >= 0.3 is 8.80 Å². The Balaban J connectivity index is 4.91. The minimum Gasteiger partial charge on any atom is -0.374 e. The molecule has 0 fully saturated rings. The number of rotatable bonds is 19. The molecule has 1 atom stereocenters. The zero-order valence-corrected chi connectivity index (χ0v) is 20.3. The summed E-state index contributed by atoms with van der Waals surface area (Å²) < 4.78 is 18.4. The lowest BCUT2D eigenvalue weighted by Gasteiger charge is -2.35. The molecule has 162 valence electrons. The molecular weight excluding hydrogens is 376 g/mol. The van der Waals surface area contributed by atoms with E-state index in [1.54, 1.807) is 0 Å². The molecule has 0 radical (unpaired) electrons. The van der Waals surface area contributed by atoms with E-state index in [0.717, 1.165) is 25.0 Å². The number of hydrogen-bond donors (Lipinski definition) is 0. The predicted octanol–water partition coefficient (Wildman–Crippen LogP) is 6.61. The molecule has 0 rings (SSSR count). The molecule has 0 saturated carbocycles. The van der Waals surface area contributed by atoms with Gasteiger partial charge in [0, 0.05) is 37.5 Å². The second-order valence-electron chi connectivity index (χ2n) is 6.93. The lowest BCUT2D eigenvalue weighted by molar-refractivity contribution is -0.111. The van der Waals surface area contributed by atoms with Crippen LogP contribution in [-0.4, -0.2) is 39.5 Å². The van der Waals surface area contributed by atoms with Crippen molar-refractivity contribution in [3.8, 4) is 0 Å². The van der Waals surface area contributed by atoms with Gasteiger partial charge in [-0.1, -0.05) is 70.6 Å². The summed E-state index contributed by atoms with van der Waals surface area (Å²) in [6.07, 6.45) is 11.4. The topological polar surface area (TPSA) is 44.8 Å². The molecule has 0 bridgehead atoms. The molecule has 6 heteroatoms. The summed E-state index contributed by atoms with van der Waals surface area (Å²) in [5, 5.41) is 0.251. The van der Waals surface area contributed by atoms with Gasteiger partial charge in [0.1, 0.15) is 0 Å². The second-order valence-corrected chi connectivity index (χ2v) is 11.0. The standard InChI is InChI=1S/C21H44O4SSi/c1-6-11-12-13-14-15-16-17-20(19-21(22)26-18-7-2)27(23-8-3,24-9-4)25-10-5/h20H,6-19H2,1-5H3.